The summed E-state index contributed by atoms with van der Waals surface area (Å²) < 4.78 is 0. The Morgan fingerprint density at radius 1 is 1.35 bits per heavy atom. The van der Waals surface area contributed by atoms with E-state index in [0.717, 1.165) is 29.5 Å². The predicted molar refractivity (Wildman–Crippen MR) is 93.9 cm³/mol. The molecule has 1 aliphatic rings. The van der Waals surface area contributed by atoms with Crippen LogP contribution in [0.5, 0.6) is 5.75 Å². The number of allylic oxidation sites excluding steroid dienone is 2. The number of fused-ring (bicyclic) bond motifs is 1. The number of phenols is 1. The summed E-state index contributed by atoms with van der Waals surface area (Å²) in [6.07, 6.45) is 4.28. The van der Waals surface area contributed by atoms with E-state index in [9.17, 15) is 15.3 Å². The van der Waals surface area contributed by atoms with Crippen molar-refractivity contribution in [2.75, 3.05) is 6.61 Å². The van der Waals surface area contributed by atoms with Crippen molar-refractivity contribution in [2.45, 2.75) is 64.9 Å². The number of rotatable bonds is 5. The average Bonchev–Trinajstić information content (AvgIpc) is 2.44. The minimum absolute atomic E-state index is 0.0177. The van der Waals surface area contributed by atoms with Gasteiger partial charge in [-0.25, -0.2) is 0 Å². The van der Waals surface area contributed by atoms with Crippen LogP contribution in [0, 0.1) is 12.8 Å². The molecule has 0 spiro atoms. The number of benzene rings is 1. The van der Waals surface area contributed by atoms with E-state index < -0.39 is 6.10 Å². The van der Waals surface area contributed by atoms with Crippen LogP contribution in [0.15, 0.2) is 23.8 Å². The maximum absolute atomic E-state index is 10.7. The quantitative estimate of drug-likeness (QED) is 0.719. The first-order chi connectivity index (χ1) is 10.8. The molecule has 4 atom stereocenters. The molecular weight excluding hydrogens is 288 g/mol. The lowest BCUT2D eigenvalue weighted by molar-refractivity contribution is 0.0782. The fraction of sp³-hybridized carbons (Fsp3) is 0.600. The minimum Gasteiger partial charge on any atom is -0.508 e. The monoisotopic (exact) mass is 318 g/mol. The molecular formula is C20H30O3. The lowest BCUT2D eigenvalue weighted by atomic mass is 9.69. The molecule has 0 amide bonds. The fourth-order valence-electron chi connectivity index (χ4n) is 3.96. The Labute approximate surface area is 139 Å². The summed E-state index contributed by atoms with van der Waals surface area (Å²) in [6, 6.07) is 3.83. The smallest absolute Gasteiger partial charge is 0.119 e. The number of hydrogen-bond acceptors (Lipinski definition) is 3. The van der Waals surface area contributed by atoms with Gasteiger partial charge in [0.1, 0.15) is 5.75 Å². The highest BCUT2D eigenvalue weighted by atomic mass is 16.3. The van der Waals surface area contributed by atoms with E-state index in [0.29, 0.717) is 12.3 Å². The van der Waals surface area contributed by atoms with Gasteiger partial charge in [0, 0.05) is 17.4 Å². The molecule has 0 saturated carbocycles. The zero-order valence-electron chi connectivity index (χ0n) is 14.7. The van der Waals surface area contributed by atoms with E-state index in [1.165, 1.54) is 5.57 Å². The fourth-order valence-corrected chi connectivity index (χ4v) is 3.96. The molecule has 0 aliphatic heterocycles. The van der Waals surface area contributed by atoms with Crippen LogP contribution in [0.4, 0.5) is 0 Å². The van der Waals surface area contributed by atoms with Crippen LogP contribution in [-0.2, 0) is 0 Å². The van der Waals surface area contributed by atoms with Crippen molar-refractivity contribution in [1.82, 2.24) is 0 Å². The zero-order chi connectivity index (χ0) is 17.1. The number of aryl methyl sites for hydroxylation is 1. The Morgan fingerprint density at radius 3 is 2.65 bits per heavy atom. The molecule has 0 bridgehead atoms. The number of phenolic OH excluding ortho intramolecular Hbond substituents is 1. The first-order valence-electron chi connectivity index (χ1n) is 8.60. The van der Waals surface area contributed by atoms with Crippen molar-refractivity contribution in [1.29, 1.82) is 0 Å². The van der Waals surface area contributed by atoms with Crippen LogP contribution in [-0.4, -0.2) is 28.0 Å². The van der Waals surface area contributed by atoms with E-state index in [2.05, 4.69) is 32.9 Å². The van der Waals surface area contributed by atoms with Gasteiger partial charge >= 0.3 is 0 Å². The number of aromatic hydroxyl groups is 1. The highest BCUT2D eigenvalue weighted by Crippen LogP contribution is 2.47. The van der Waals surface area contributed by atoms with Gasteiger partial charge in [-0.15, -0.1) is 0 Å². The third-order valence-electron chi connectivity index (χ3n) is 5.05. The molecule has 128 valence electrons. The van der Waals surface area contributed by atoms with Gasteiger partial charge in [-0.3, -0.25) is 0 Å². The van der Waals surface area contributed by atoms with Gasteiger partial charge in [-0.05, 0) is 63.1 Å². The molecule has 0 fully saturated rings. The normalized spacial score (nSPS) is 24.9. The van der Waals surface area contributed by atoms with Gasteiger partial charge in [0.15, 0.2) is 0 Å². The minimum atomic E-state index is -0.470. The zero-order valence-corrected chi connectivity index (χ0v) is 14.7. The third-order valence-corrected chi connectivity index (χ3v) is 5.05. The molecule has 0 heterocycles. The van der Waals surface area contributed by atoms with Crippen molar-refractivity contribution in [2.24, 2.45) is 5.92 Å². The Kier molecular flexibility index (Phi) is 5.88. The van der Waals surface area contributed by atoms with Crippen LogP contribution in [0.1, 0.15) is 68.6 Å². The van der Waals surface area contributed by atoms with E-state index in [4.69, 9.17) is 0 Å². The summed E-state index contributed by atoms with van der Waals surface area (Å²) >= 11 is 0. The van der Waals surface area contributed by atoms with Gasteiger partial charge in [0.2, 0.25) is 0 Å². The Morgan fingerprint density at radius 2 is 2.04 bits per heavy atom. The second-order valence-electron chi connectivity index (χ2n) is 7.33. The molecule has 0 radical (unpaired) electrons. The van der Waals surface area contributed by atoms with Crippen LogP contribution in [0.25, 0.3) is 0 Å². The predicted octanol–water partition coefficient (Wildman–Crippen LogP) is 4.01. The van der Waals surface area contributed by atoms with E-state index in [-0.39, 0.29) is 24.2 Å². The van der Waals surface area contributed by atoms with Gasteiger partial charge in [0.05, 0.1) is 12.7 Å². The maximum Gasteiger partial charge on any atom is 0.119 e. The third kappa shape index (κ3) is 3.96. The molecule has 0 aromatic heterocycles. The average molecular weight is 318 g/mol. The van der Waals surface area contributed by atoms with Crippen LogP contribution in [0.3, 0.4) is 0 Å². The second kappa shape index (κ2) is 7.50. The summed E-state index contributed by atoms with van der Waals surface area (Å²) in [6.45, 7) is 8.29. The standard InChI is InChI=1S/C20H30O3/c1-12(2)6-5-7-14(4)19-16-8-13(3)9-17(22)20(16)15(11-21)10-18(19)23/h6,8-9,14-15,18-19,21-23H,5,7,10-11H2,1-4H3/t14-,15-,18+,19-/m0/s1. The Bertz CT molecular complexity index is 572. The summed E-state index contributed by atoms with van der Waals surface area (Å²) in [5.74, 6) is 0.415. The number of aliphatic hydroxyl groups is 2. The summed E-state index contributed by atoms with van der Waals surface area (Å²) in [5, 5.41) is 30.7. The second-order valence-corrected chi connectivity index (χ2v) is 7.33. The summed E-state index contributed by atoms with van der Waals surface area (Å²) in [7, 11) is 0. The SMILES string of the molecule is CC(C)=CCC[C@H](C)[C@H]1c2cc(C)cc(O)c2[C@H](CO)C[C@H]1O. The molecule has 3 N–H and O–H groups in total. The van der Waals surface area contributed by atoms with E-state index in [1.54, 1.807) is 6.07 Å². The summed E-state index contributed by atoms with van der Waals surface area (Å²) in [5.41, 5.74) is 4.16. The van der Waals surface area contributed by atoms with Gasteiger partial charge in [-0.1, -0.05) is 24.6 Å². The van der Waals surface area contributed by atoms with Gasteiger partial charge in [0.25, 0.3) is 0 Å². The topological polar surface area (TPSA) is 60.7 Å². The lowest BCUT2D eigenvalue weighted by Gasteiger charge is -2.38. The van der Waals surface area contributed by atoms with Gasteiger partial charge in [-0.2, -0.15) is 0 Å². The van der Waals surface area contributed by atoms with Crippen molar-refractivity contribution >= 4 is 0 Å². The van der Waals surface area contributed by atoms with Crippen molar-refractivity contribution in [3.63, 3.8) is 0 Å². The summed E-state index contributed by atoms with van der Waals surface area (Å²) in [4.78, 5) is 0. The first kappa shape index (κ1) is 18.0. The molecule has 2 rings (SSSR count). The lowest BCUT2D eigenvalue weighted by Crippen LogP contribution is -2.33. The van der Waals surface area contributed by atoms with E-state index in [1.807, 2.05) is 6.92 Å². The largest absolute Gasteiger partial charge is 0.508 e. The van der Waals surface area contributed by atoms with Crippen molar-refractivity contribution in [3.05, 3.63) is 40.5 Å². The van der Waals surface area contributed by atoms with Gasteiger partial charge < -0.3 is 15.3 Å². The molecule has 3 nitrogen and oxygen atoms in total. The maximum atomic E-state index is 10.7. The first-order valence-corrected chi connectivity index (χ1v) is 8.60. The Hall–Kier alpha value is -1.32. The molecule has 1 aliphatic carbocycles. The Balaban J connectivity index is 2.35. The highest BCUT2D eigenvalue weighted by molar-refractivity contribution is 5.49. The molecule has 0 unspecified atom stereocenters. The van der Waals surface area contributed by atoms with Crippen molar-refractivity contribution in [3.8, 4) is 5.75 Å². The van der Waals surface area contributed by atoms with Crippen LogP contribution >= 0.6 is 0 Å². The van der Waals surface area contributed by atoms with E-state index >= 15 is 0 Å². The molecule has 23 heavy (non-hydrogen) atoms. The van der Waals surface area contributed by atoms with Crippen molar-refractivity contribution < 1.29 is 15.3 Å². The molecule has 0 saturated heterocycles. The highest BCUT2D eigenvalue weighted by Gasteiger charge is 2.38. The number of aliphatic hydroxyl groups excluding tert-OH is 2. The van der Waals surface area contributed by atoms with Crippen LogP contribution in [0.2, 0.25) is 0 Å². The van der Waals surface area contributed by atoms with Crippen LogP contribution < -0.4 is 0 Å². The number of hydrogen-bond donors (Lipinski definition) is 3. The molecule has 1 aromatic carbocycles. The molecule has 3 heteroatoms. The molecule has 1 aromatic rings.